The normalized spacial score (nSPS) is 18.2. The summed E-state index contributed by atoms with van der Waals surface area (Å²) >= 11 is 5.89. The Morgan fingerprint density at radius 2 is 1.68 bits per heavy atom. The summed E-state index contributed by atoms with van der Waals surface area (Å²) in [5, 5.41) is 3.65. The zero-order valence-electron chi connectivity index (χ0n) is 14.6. The van der Waals surface area contributed by atoms with Crippen molar-refractivity contribution in [2.75, 3.05) is 6.26 Å². The minimum Gasteiger partial charge on any atom is -0.353 e. The number of halogens is 1. The van der Waals surface area contributed by atoms with E-state index >= 15 is 0 Å². The van der Waals surface area contributed by atoms with Crippen LogP contribution in [0.3, 0.4) is 0 Å². The molecule has 25 heavy (non-hydrogen) atoms. The maximum Gasteiger partial charge on any atom is 0.222 e. The van der Waals surface area contributed by atoms with Gasteiger partial charge in [-0.25, -0.2) is 13.1 Å². The highest BCUT2D eigenvalue weighted by Gasteiger charge is 2.22. The van der Waals surface area contributed by atoms with E-state index < -0.39 is 16.1 Å². The van der Waals surface area contributed by atoms with Crippen molar-refractivity contribution in [3.63, 3.8) is 0 Å². The quantitative estimate of drug-likeness (QED) is 0.784. The molecule has 0 radical (unpaired) electrons. The van der Waals surface area contributed by atoms with Gasteiger partial charge < -0.3 is 5.32 Å². The van der Waals surface area contributed by atoms with E-state index in [1.54, 1.807) is 24.3 Å². The van der Waals surface area contributed by atoms with Crippen LogP contribution in [0.15, 0.2) is 24.3 Å². The molecule has 0 aromatic heterocycles. The molecule has 1 fully saturated rings. The van der Waals surface area contributed by atoms with E-state index in [-0.39, 0.29) is 18.4 Å². The van der Waals surface area contributed by atoms with E-state index in [1.165, 1.54) is 19.3 Å². The fourth-order valence-corrected chi connectivity index (χ4v) is 4.12. The average molecular weight is 387 g/mol. The summed E-state index contributed by atoms with van der Waals surface area (Å²) in [5.74, 6) is -0.123. The van der Waals surface area contributed by atoms with Crippen LogP contribution in [0, 0.1) is 0 Å². The molecule has 1 atom stereocenters. The number of amides is 1. The smallest absolute Gasteiger partial charge is 0.222 e. The highest BCUT2D eigenvalue weighted by molar-refractivity contribution is 7.88. The summed E-state index contributed by atoms with van der Waals surface area (Å²) in [6, 6.07) is 6.47. The minimum absolute atomic E-state index is 0.0746. The lowest BCUT2D eigenvalue weighted by molar-refractivity contribution is -0.122. The van der Waals surface area contributed by atoms with Crippen molar-refractivity contribution in [1.82, 2.24) is 10.0 Å². The Hall–Kier alpha value is -1.11. The number of rotatable bonds is 6. The van der Waals surface area contributed by atoms with Gasteiger partial charge in [-0.15, -0.1) is 0 Å². The van der Waals surface area contributed by atoms with Crippen molar-refractivity contribution < 1.29 is 13.2 Å². The van der Waals surface area contributed by atoms with Crippen molar-refractivity contribution in [1.29, 1.82) is 0 Å². The maximum absolute atomic E-state index is 12.5. The zero-order chi connectivity index (χ0) is 18.3. The molecule has 1 amide bonds. The minimum atomic E-state index is -3.43. The van der Waals surface area contributed by atoms with Gasteiger partial charge in [-0.1, -0.05) is 55.8 Å². The van der Waals surface area contributed by atoms with Crippen LogP contribution in [0.25, 0.3) is 0 Å². The van der Waals surface area contributed by atoms with Gasteiger partial charge in [0.2, 0.25) is 15.9 Å². The Labute approximate surface area is 155 Å². The van der Waals surface area contributed by atoms with E-state index in [4.69, 9.17) is 11.6 Å². The van der Waals surface area contributed by atoms with Gasteiger partial charge in [-0.2, -0.15) is 0 Å². The van der Waals surface area contributed by atoms with Crippen LogP contribution in [-0.4, -0.2) is 26.6 Å². The number of nitrogens with one attached hydrogen (secondary N) is 2. The van der Waals surface area contributed by atoms with Crippen LogP contribution in [0.1, 0.15) is 63.0 Å². The molecule has 140 valence electrons. The van der Waals surface area contributed by atoms with Crippen LogP contribution in [0.4, 0.5) is 0 Å². The average Bonchev–Trinajstić information content (AvgIpc) is 2.48. The van der Waals surface area contributed by atoms with Crippen molar-refractivity contribution in [3.8, 4) is 0 Å². The number of benzene rings is 1. The Bertz CT molecular complexity index is 653. The van der Waals surface area contributed by atoms with Gasteiger partial charge in [0.15, 0.2) is 0 Å². The van der Waals surface area contributed by atoms with Gasteiger partial charge in [0.05, 0.1) is 12.3 Å². The fraction of sp³-hybridized carbons (Fsp3) is 0.611. The first kappa shape index (κ1) is 20.2. The molecule has 0 heterocycles. The van der Waals surface area contributed by atoms with Crippen LogP contribution in [-0.2, 0) is 14.8 Å². The van der Waals surface area contributed by atoms with Gasteiger partial charge in [0, 0.05) is 17.5 Å². The zero-order valence-corrected chi connectivity index (χ0v) is 16.2. The number of hydrogen-bond donors (Lipinski definition) is 2. The Morgan fingerprint density at radius 3 is 2.24 bits per heavy atom. The molecule has 1 aromatic carbocycles. The SMILES string of the molecule is CS(=O)(=O)NC(CC(=O)NC1CCCCCCC1)c1ccc(Cl)cc1. The lowest BCUT2D eigenvalue weighted by Crippen LogP contribution is -2.38. The van der Waals surface area contributed by atoms with E-state index in [1.807, 2.05) is 0 Å². The van der Waals surface area contributed by atoms with Crippen LogP contribution in [0.5, 0.6) is 0 Å². The molecule has 2 N–H and O–H groups in total. The molecule has 1 saturated carbocycles. The highest BCUT2D eigenvalue weighted by Crippen LogP contribution is 2.21. The summed E-state index contributed by atoms with van der Waals surface area (Å²) in [5.41, 5.74) is 0.725. The molecule has 1 aromatic rings. The molecule has 1 unspecified atom stereocenters. The number of hydrogen-bond acceptors (Lipinski definition) is 3. The highest BCUT2D eigenvalue weighted by atomic mass is 35.5. The Balaban J connectivity index is 2.01. The largest absolute Gasteiger partial charge is 0.353 e. The first-order chi connectivity index (χ1) is 11.8. The summed E-state index contributed by atoms with van der Waals surface area (Å²) in [7, 11) is -3.43. The monoisotopic (exact) mass is 386 g/mol. The molecule has 0 aliphatic heterocycles. The van der Waals surface area contributed by atoms with Crippen LogP contribution < -0.4 is 10.0 Å². The third-order valence-electron chi connectivity index (χ3n) is 4.49. The molecule has 7 heteroatoms. The second-order valence-corrected chi connectivity index (χ2v) is 9.02. The number of carbonyl (C=O) groups is 1. The Morgan fingerprint density at radius 1 is 1.12 bits per heavy atom. The molecular formula is C18H27ClN2O3S. The van der Waals surface area contributed by atoms with Gasteiger partial charge in [-0.3, -0.25) is 4.79 Å². The van der Waals surface area contributed by atoms with Gasteiger partial charge >= 0.3 is 0 Å². The standard InChI is InChI=1S/C18H27ClN2O3S/c1-25(23,24)21-17(14-9-11-15(19)12-10-14)13-18(22)20-16-7-5-3-2-4-6-8-16/h9-12,16-17,21H,2-8,13H2,1H3,(H,20,22). The van der Waals surface area contributed by atoms with Gasteiger partial charge in [0.1, 0.15) is 0 Å². The van der Waals surface area contributed by atoms with Crippen molar-refractivity contribution in [2.24, 2.45) is 0 Å². The molecule has 1 aliphatic carbocycles. The second kappa shape index (κ2) is 9.55. The lowest BCUT2D eigenvalue weighted by Gasteiger charge is -2.23. The summed E-state index contributed by atoms with van der Waals surface area (Å²) in [6.45, 7) is 0. The maximum atomic E-state index is 12.5. The molecule has 1 aliphatic rings. The van der Waals surface area contributed by atoms with Crippen LogP contribution in [0.2, 0.25) is 5.02 Å². The summed E-state index contributed by atoms with van der Waals surface area (Å²) in [4.78, 5) is 12.5. The molecule has 0 saturated heterocycles. The van der Waals surface area contributed by atoms with E-state index in [0.29, 0.717) is 5.02 Å². The molecule has 0 spiro atoms. The first-order valence-electron chi connectivity index (χ1n) is 8.85. The molecule has 2 rings (SSSR count). The van der Waals surface area contributed by atoms with Gasteiger partial charge in [0.25, 0.3) is 0 Å². The van der Waals surface area contributed by atoms with Crippen LogP contribution >= 0.6 is 11.6 Å². The van der Waals surface area contributed by atoms with Crippen molar-refractivity contribution >= 4 is 27.5 Å². The third-order valence-corrected chi connectivity index (χ3v) is 5.45. The van der Waals surface area contributed by atoms with E-state index in [0.717, 1.165) is 37.5 Å². The summed E-state index contributed by atoms with van der Waals surface area (Å²) in [6.07, 6.45) is 9.14. The number of sulfonamides is 1. The predicted octanol–water partition coefficient (Wildman–Crippen LogP) is 3.55. The van der Waals surface area contributed by atoms with E-state index in [9.17, 15) is 13.2 Å². The summed E-state index contributed by atoms with van der Waals surface area (Å²) < 4.78 is 25.9. The lowest BCUT2D eigenvalue weighted by atomic mass is 9.96. The van der Waals surface area contributed by atoms with E-state index in [2.05, 4.69) is 10.0 Å². The first-order valence-corrected chi connectivity index (χ1v) is 11.1. The number of carbonyl (C=O) groups excluding carboxylic acids is 1. The van der Waals surface area contributed by atoms with Crippen molar-refractivity contribution in [3.05, 3.63) is 34.9 Å². The molecule has 0 bridgehead atoms. The Kier molecular flexibility index (Phi) is 7.72. The second-order valence-electron chi connectivity index (χ2n) is 6.81. The topological polar surface area (TPSA) is 75.3 Å². The fourth-order valence-electron chi connectivity index (χ4n) is 3.25. The van der Waals surface area contributed by atoms with Crippen molar-refractivity contribution in [2.45, 2.75) is 63.5 Å². The molecule has 5 nitrogen and oxygen atoms in total. The van der Waals surface area contributed by atoms with Gasteiger partial charge in [-0.05, 0) is 30.5 Å². The third kappa shape index (κ3) is 7.75. The molecular weight excluding hydrogens is 360 g/mol. The predicted molar refractivity (Wildman–Crippen MR) is 101 cm³/mol.